The van der Waals surface area contributed by atoms with Gasteiger partial charge in [-0.05, 0) is 48.6 Å². The van der Waals surface area contributed by atoms with Crippen LogP contribution in [0.15, 0.2) is 29.4 Å². The number of nitrogens with zero attached hydrogens (tertiary/aromatic N) is 1. The first kappa shape index (κ1) is 16.4. The van der Waals surface area contributed by atoms with Crippen LogP contribution in [0.5, 0.6) is 0 Å². The lowest BCUT2D eigenvalue weighted by molar-refractivity contribution is 0.0519. The van der Waals surface area contributed by atoms with E-state index in [4.69, 9.17) is 0 Å². The number of rotatable bonds is 3. The average molecular weight is 310 g/mol. The molecule has 0 bridgehead atoms. The second-order valence-electron chi connectivity index (χ2n) is 7.39. The Morgan fingerprint density at radius 3 is 2.38 bits per heavy atom. The summed E-state index contributed by atoms with van der Waals surface area (Å²) in [6.45, 7) is 9.13. The van der Waals surface area contributed by atoms with Gasteiger partial charge in [0.05, 0.1) is 0 Å². The van der Waals surface area contributed by atoms with Crippen molar-refractivity contribution in [1.82, 2.24) is 9.71 Å². The fraction of sp³-hybridized carbons (Fsp3) is 0.688. The normalized spacial score (nSPS) is 27.5. The van der Waals surface area contributed by atoms with Crippen LogP contribution in [-0.4, -0.2) is 19.4 Å². The average Bonchev–Trinajstić information content (AvgIpc) is 2.41. The van der Waals surface area contributed by atoms with Gasteiger partial charge in [0.15, 0.2) is 0 Å². The number of sulfonamides is 1. The van der Waals surface area contributed by atoms with Gasteiger partial charge in [-0.2, -0.15) is 0 Å². The van der Waals surface area contributed by atoms with Gasteiger partial charge in [-0.1, -0.05) is 27.7 Å². The van der Waals surface area contributed by atoms with E-state index in [0.717, 1.165) is 25.7 Å². The highest BCUT2D eigenvalue weighted by Gasteiger charge is 2.41. The van der Waals surface area contributed by atoms with E-state index in [9.17, 15) is 8.42 Å². The molecule has 1 N–H and O–H groups in total. The third kappa shape index (κ3) is 3.64. The summed E-state index contributed by atoms with van der Waals surface area (Å²) in [4.78, 5) is 4.12. The molecule has 0 aliphatic heterocycles. The van der Waals surface area contributed by atoms with Crippen LogP contribution in [0.2, 0.25) is 0 Å². The quantitative estimate of drug-likeness (QED) is 0.931. The monoisotopic (exact) mass is 310 g/mol. The van der Waals surface area contributed by atoms with Gasteiger partial charge in [-0.15, -0.1) is 0 Å². The molecule has 4 nitrogen and oxygen atoms in total. The van der Waals surface area contributed by atoms with E-state index in [0.29, 0.717) is 0 Å². The highest BCUT2D eigenvalue weighted by molar-refractivity contribution is 7.89. The largest absolute Gasteiger partial charge is 0.263 e. The highest BCUT2D eigenvalue weighted by Crippen LogP contribution is 2.49. The maximum atomic E-state index is 12.3. The highest BCUT2D eigenvalue weighted by atomic mass is 32.2. The van der Waals surface area contributed by atoms with Crippen LogP contribution < -0.4 is 4.72 Å². The van der Waals surface area contributed by atoms with Crippen molar-refractivity contribution in [2.24, 2.45) is 10.8 Å². The molecule has 5 heteroatoms. The van der Waals surface area contributed by atoms with Gasteiger partial charge in [0.25, 0.3) is 0 Å². The summed E-state index contributed by atoms with van der Waals surface area (Å²) in [5, 5.41) is 0. The standard InChI is InChI=1S/C16H26N2O2S/c1-15(2,3)16(4)9-7-13(8-10-16)18-21(19,20)14-6-5-11-17-12-14/h5-6,11-13,18H,7-10H2,1-4H3. The molecule has 1 aromatic heterocycles. The first-order valence-corrected chi connectivity index (χ1v) is 9.05. The Morgan fingerprint density at radius 2 is 1.90 bits per heavy atom. The summed E-state index contributed by atoms with van der Waals surface area (Å²) in [6, 6.07) is 3.26. The second-order valence-corrected chi connectivity index (χ2v) is 9.11. The van der Waals surface area contributed by atoms with Crippen molar-refractivity contribution >= 4 is 10.0 Å². The third-order valence-electron chi connectivity index (χ3n) is 5.17. The van der Waals surface area contributed by atoms with Crippen molar-refractivity contribution in [3.63, 3.8) is 0 Å². The molecule has 0 amide bonds. The molecule has 1 heterocycles. The molecule has 1 aromatic rings. The Kier molecular flexibility index (Phi) is 4.45. The van der Waals surface area contributed by atoms with Gasteiger partial charge in [-0.3, -0.25) is 4.98 Å². The van der Waals surface area contributed by atoms with Gasteiger partial charge >= 0.3 is 0 Å². The molecule has 21 heavy (non-hydrogen) atoms. The lowest BCUT2D eigenvalue weighted by Crippen LogP contribution is -2.43. The number of hydrogen-bond donors (Lipinski definition) is 1. The van der Waals surface area contributed by atoms with Gasteiger partial charge in [0.2, 0.25) is 10.0 Å². The first-order valence-electron chi connectivity index (χ1n) is 7.56. The summed E-state index contributed by atoms with van der Waals surface area (Å²) >= 11 is 0. The maximum absolute atomic E-state index is 12.3. The summed E-state index contributed by atoms with van der Waals surface area (Å²) in [6.07, 6.45) is 6.87. The van der Waals surface area contributed by atoms with Crippen LogP contribution in [-0.2, 0) is 10.0 Å². The number of pyridine rings is 1. The molecule has 0 spiro atoms. The Labute approximate surface area is 128 Å². The van der Waals surface area contributed by atoms with E-state index in [2.05, 4.69) is 37.4 Å². The Morgan fingerprint density at radius 1 is 1.29 bits per heavy atom. The van der Waals surface area contributed by atoms with E-state index < -0.39 is 10.0 Å². The van der Waals surface area contributed by atoms with E-state index in [1.807, 2.05) is 0 Å². The van der Waals surface area contributed by atoms with Gasteiger partial charge in [-0.25, -0.2) is 13.1 Å². The molecule has 0 unspecified atom stereocenters. The number of hydrogen-bond acceptors (Lipinski definition) is 3. The first-order chi connectivity index (χ1) is 9.64. The van der Waals surface area contributed by atoms with Crippen molar-refractivity contribution in [2.75, 3.05) is 0 Å². The molecule has 118 valence electrons. The van der Waals surface area contributed by atoms with E-state index in [-0.39, 0.29) is 21.8 Å². The molecule has 0 aromatic carbocycles. The van der Waals surface area contributed by atoms with Crippen molar-refractivity contribution in [2.45, 2.75) is 64.3 Å². The minimum absolute atomic E-state index is 0.0330. The van der Waals surface area contributed by atoms with E-state index >= 15 is 0 Å². The zero-order chi connectivity index (χ0) is 15.7. The smallest absolute Gasteiger partial charge is 0.242 e. The van der Waals surface area contributed by atoms with E-state index in [1.54, 1.807) is 18.3 Å². The second kappa shape index (κ2) is 5.69. The number of aromatic nitrogens is 1. The summed E-state index contributed by atoms with van der Waals surface area (Å²) in [7, 11) is -3.45. The molecular weight excluding hydrogens is 284 g/mol. The molecule has 1 aliphatic rings. The summed E-state index contributed by atoms with van der Waals surface area (Å²) in [5.74, 6) is 0. The lowest BCUT2D eigenvalue weighted by atomic mass is 9.60. The molecule has 0 saturated heterocycles. The van der Waals surface area contributed by atoms with Gasteiger partial charge in [0, 0.05) is 18.4 Å². The van der Waals surface area contributed by atoms with Crippen molar-refractivity contribution in [1.29, 1.82) is 0 Å². The topological polar surface area (TPSA) is 59.1 Å². The fourth-order valence-corrected chi connectivity index (χ4v) is 4.18. The van der Waals surface area contributed by atoms with Crippen LogP contribution in [0.4, 0.5) is 0 Å². The molecule has 2 rings (SSSR count). The molecular formula is C16H26N2O2S. The molecule has 0 radical (unpaired) electrons. The maximum Gasteiger partial charge on any atom is 0.242 e. The van der Waals surface area contributed by atoms with Crippen molar-refractivity contribution < 1.29 is 8.42 Å². The SMILES string of the molecule is CC(C)(C)C1(C)CCC(NS(=O)(=O)c2cccnc2)CC1. The van der Waals surface area contributed by atoms with Crippen LogP contribution >= 0.6 is 0 Å². The van der Waals surface area contributed by atoms with Gasteiger partial charge in [0.1, 0.15) is 4.90 Å². The molecule has 1 aliphatic carbocycles. The zero-order valence-electron chi connectivity index (χ0n) is 13.4. The van der Waals surface area contributed by atoms with Crippen LogP contribution in [0.1, 0.15) is 53.4 Å². The molecule has 1 fully saturated rings. The zero-order valence-corrected chi connectivity index (χ0v) is 14.2. The number of nitrogens with one attached hydrogen (secondary N) is 1. The molecule has 0 atom stereocenters. The minimum atomic E-state index is -3.45. The van der Waals surface area contributed by atoms with Crippen LogP contribution in [0.25, 0.3) is 0 Å². The van der Waals surface area contributed by atoms with E-state index in [1.165, 1.54) is 6.20 Å². The van der Waals surface area contributed by atoms with Gasteiger partial charge < -0.3 is 0 Å². The van der Waals surface area contributed by atoms with Crippen LogP contribution in [0, 0.1) is 10.8 Å². The molecule has 1 saturated carbocycles. The van der Waals surface area contributed by atoms with Crippen LogP contribution in [0.3, 0.4) is 0 Å². The van der Waals surface area contributed by atoms with Crippen molar-refractivity contribution in [3.8, 4) is 0 Å². The fourth-order valence-electron chi connectivity index (χ4n) is 2.92. The predicted octanol–water partition coefficient (Wildman–Crippen LogP) is 3.35. The minimum Gasteiger partial charge on any atom is -0.263 e. The third-order valence-corrected chi connectivity index (χ3v) is 6.67. The summed E-state index contributed by atoms with van der Waals surface area (Å²) < 4.78 is 27.4. The van der Waals surface area contributed by atoms with Crippen molar-refractivity contribution in [3.05, 3.63) is 24.5 Å². The Balaban J connectivity index is 2.02. The summed E-state index contributed by atoms with van der Waals surface area (Å²) in [5.41, 5.74) is 0.531. The lowest BCUT2D eigenvalue weighted by Gasteiger charge is -2.46. The Hall–Kier alpha value is -0.940. The Bertz CT molecular complexity index is 568. The predicted molar refractivity (Wildman–Crippen MR) is 84.4 cm³/mol.